The second-order valence-corrected chi connectivity index (χ2v) is 6.98. The van der Waals surface area contributed by atoms with E-state index < -0.39 is 23.5 Å². The van der Waals surface area contributed by atoms with E-state index in [1.165, 1.54) is 23.1 Å². The van der Waals surface area contributed by atoms with E-state index >= 15 is 0 Å². The van der Waals surface area contributed by atoms with Crippen LogP contribution in [0, 0.1) is 5.82 Å². The summed E-state index contributed by atoms with van der Waals surface area (Å²) in [5.74, 6) is -2.24. The van der Waals surface area contributed by atoms with Crippen LogP contribution >= 0.6 is 0 Å². The molecule has 0 saturated carbocycles. The molecule has 0 radical (unpaired) electrons. The molecule has 4 rings (SSSR count). The molecular formula is C24H19FN2O3. The molecule has 1 atom stereocenters. The molecule has 1 aliphatic heterocycles. The van der Waals surface area contributed by atoms with Crippen LogP contribution in [0.2, 0.25) is 0 Å². The fourth-order valence-electron chi connectivity index (χ4n) is 3.64. The number of aryl methyl sites for hydroxylation is 1. The third kappa shape index (κ3) is 3.72. The van der Waals surface area contributed by atoms with Crippen molar-refractivity contribution < 1.29 is 19.1 Å². The largest absolute Gasteiger partial charge is 0.503 e. The molecule has 0 saturated heterocycles. The van der Waals surface area contributed by atoms with Crippen LogP contribution in [0.1, 0.15) is 23.7 Å². The Labute approximate surface area is 173 Å². The van der Waals surface area contributed by atoms with Gasteiger partial charge < -0.3 is 5.11 Å². The lowest BCUT2D eigenvalue weighted by Crippen LogP contribution is -2.31. The number of carbonyl (C=O) groups is 2. The molecule has 150 valence electrons. The Balaban J connectivity index is 1.72. The number of ketones is 1. The molecule has 1 unspecified atom stereocenters. The molecule has 6 heteroatoms. The summed E-state index contributed by atoms with van der Waals surface area (Å²) in [6, 6.07) is 19.2. The summed E-state index contributed by atoms with van der Waals surface area (Å²) in [7, 11) is 0. The molecule has 2 aromatic carbocycles. The first-order valence-corrected chi connectivity index (χ1v) is 9.56. The van der Waals surface area contributed by atoms with Crippen molar-refractivity contribution in [3.8, 4) is 0 Å². The number of aliphatic hydroxyl groups excluding tert-OH is 1. The number of carbonyl (C=O) groups excluding carboxylic acids is 2. The predicted molar refractivity (Wildman–Crippen MR) is 110 cm³/mol. The fourth-order valence-corrected chi connectivity index (χ4v) is 3.64. The van der Waals surface area contributed by atoms with Crippen molar-refractivity contribution in [2.24, 2.45) is 0 Å². The van der Waals surface area contributed by atoms with Gasteiger partial charge in [0.2, 0.25) is 0 Å². The highest BCUT2D eigenvalue weighted by Gasteiger charge is 2.44. The van der Waals surface area contributed by atoms with Crippen molar-refractivity contribution in [1.82, 2.24) is 4.98 Å². The SMILES string of the molecule is O=C(CCc1ccccc1)C1=C(O)C(=O)N(c2cccc(F)c2)C1c1ccccn1. The molecule has 0 spiro atoms. The summed E-state index contributed by atoms with van der Waals surface area (Å²) in [6.45, 7) is 0. The van der Waals surface area contributed by atoms with E-state index in [1.807, 2.05) is 30.3 Å². The molecule has 0 fully saturated rings. The highest BCUT2D eigenvalue weighted by atomic mass is 19.1. The third-order valence-corrected chi connectivity index (χ3v) is 5.05. The van der Waals surface area contributed by atoms with Crippen LogP contribution in [0.5, 0.6) is 0 Å². The van der Waals surface area contributed by atoms with Crippen molar-refractivity contribution in [1.29, 1.82) is 0 Å². The molecular weight excluding hydrogens is 383 g/mol. The number of hydrogen-bond acceptors (Lipinski definition) is 4. The minimum atomic E-state index is -0.927. The maximum Gasteiger partial charge on any atom is 0.294 e. The Hall–Kier alpha value is -3.80. The molecule has 0 bridgehead atoms. The number of amides is 1. The molecule has 1 aliphatic rings. The zero-order valence-electron chi connectivity index (χ0n) is 16.0. The lowest BCUT2D eigenvalue weighted by Gasteiger charge is -2.26. The lowest BCUT2D eigenvalue weighted by molar-refractivity contribution is -0.118. The first-order chi connectivity index (χ1) is 14.6. The zero-order chi connectivity index (χ0) is 21.1. The Bertz CT molecular complexity index is 1110. The van der Waals surface area contributed by atoms with Crippen LogP contribution in [0.3, 0.4) is 0 Å². The standard InChI is InChI=1S/C24H19FN2O3/c25-17-9-6-10-18(15-17)27-22(19-11-4-5-14-26-19)21(23(29)24(27)30)20(28)13-12-16-7-2-1-3-8-16/h1-11,14-15,22,29H,12-13H2. The van der Waals surface area contributed by atoms with Gasteiger partial charge in [0.05, 0.1) is 11.3 Å². The van der Waals surface area contributed by atoms with Crippen LogP contribution in [-0.2, 0) is 16.0 Å². The van der Waals surface area contributed by atoms with Crippen molar-refractivity contribution in [2.75, 3.05) is 4.90 Å². The number of pyridine rings is 1. The molecule has 3 aromatic rings. The van der Waals surface area contributed by atoms with E-state index in [1.54, 1.807) is 30.5 Å². The van der Waals surface area contributed by atoms with Gasteiger partial charge in [-0.3, -0.25) is 19.5 Å². The Morgan fingerprint density at radius 2 is 1.80 bits per heavy atom. The monoisotopic (exact) mass is 402 g/mol. The molecule has 1 aromatic heterocycles. The lowest BCUT2D eigenvalue weighted by atomic mass is 9.95. The molecule has 1 N–H and O–H groups in total. The van der Waals surface area contributed by atoms with Crippen LogP contribution in [-0.4, -0.2) is 21.8 Å². The summed E-state index contributed by atoms with van der Waals surface area (Å²) in [5, 5.41) is 10.6. The van der Waals surface area contributed by atoms with E-state index in [9.17, 15) is 19.1 Å². The van der Waals surface area contributed by atoms with Gasteiger partial charge in [-0.25, -0.2) is 4.39 Å². The van der Waals surface area contributed by atoms with E-state index in [0.717, 1.165) is 5.56 Å². The fraction of sp³-hybridized carbons (Fsp3) is 0.125. The summed E-state index contributed by atoms with van der Waals surface area (Å²) in [6.07, 6.45) is 2.14. The number of nitrogens with zero attached hydrogens (tertiary/aromatic N) is 2. The average molecular weight is 402 g/mol. The van der Waals surface area contributed by atoms with E-state index in [-0.39, 0.29) is 23.5 Å². The topological polar surface area (TPSA) is 70.5 Å². The van der Waals surface area contributed by atoms with E-state index in [0.29, 0.717) is 12.1 Å². The summed E-state index contributed by atoms with van der Waals surface area (Å²) >= 11 is 0. The minimum absolute atomic E-state index is 0.0149. The average Bonchev–Trinajstić information content (AvgIpc) is 3.04. The minimum Gasteiger partial charge on any atom is -0.503 e. The van der Waals surface area contributed by atoms with Crippen molar-refractivity contribution in [2.45, 2.75) is 18.9 Å². The van der Waals surface area contributed by atoms with Crippen LogP contribution in [0.25, 0.3) is 0 Å². The van der Waals surface area contributed by atoms with Gasteiger partial charge in [-0.1, -0.05) is 42.5 Å². The van der Waals surface area contributed by atoms with E-state index in [2.05, 4.69) is 4.98 Å². The molecule has 0 aliphatic carbocycles. The number of aliphatic hydroxyl groups is 1. The number of hydrogen-bond donors (Lipinski definition) is 1. The van der Waals surface area contributed by atoms with Crippen molar-refractivity contribution in [3.05, 3.63) is 107 Å². The quantitative estimate of drug-likeness (QED) is 0.667. The number of benzene rings is 2. The first-order valence-electron chi connectivity index (χ1n) is 9.56. The number of anilines is 1. The van der Waals surface area contributed by atoms with Crippen LogP contribution in [0.4, 0.5) is 10.1 Å². The predicted octanol–water partition coefficient (Wildman–Crippen LogP) is 4.32. The van der Waals surface area contributed by atoms with Gasteiger partial charge >= 0.3 is 0 Å². The Morgan fingerprint density at radius 1 is 1.03 bits per heavy atom. The Morgan fingerprint density at radius 3 is 2.50 bits per heavy atom. The summed E-state index contributed by atoms with van der Waals surface area (Å²) < 4.78 is 13.8. The third-order valence-electron chi connectivity index (χ3n) is 5.05. The summed E-state index contributed by atoms with van der Waals surface area (Å²) in [4.78, 5) is 31.5. The van der Waals surface area contributed by atoms with Gasteiger partial charge in [0.1, 0.15) is 11.9 Å². The van der Waals surface area contributed by atoms with Gasteiger partial charge in [0.25, 0.3) is 5.91 Å². The van der Waals surface area contributed by atoms with Crippen LogP contribution < -0.4 is 4.90 Å². The molecule has 1 amide bonds. The van der Waals surface area contributed by atoms with Gasteiger partial charge in [-0.05, 0) is 42.3 Å². The summed E-state index contributed by atoms with van der Waals surface area (Å²) in [5.41, 5.74) is 1.63. The smallest absolute Gasteiger partial charge is 0.294 e. The number of aromatic nitrogens is 1. The van der Waals surface area contributed by atoms with Crippen molar-refractivity contribution in [3.63, 3.8) is 0 Å². The van der Waals surface area contributed by atoms with E-state index in [4.69, 9.17) is 0 Å². The second kappa shape index (κ2) is 8.29. The van der Waals surface area contributed by atoms with Gasteiger partial charge in [-0.2, -0.15) is 0 Å². The number of halogens is 1. The van der Waals surface area contributed by atoms with Gasteiger partial charge in [0, 0.05) is 18.3 Å². The normalized spacial score (nSPS) is 16.2. The van der Waals surface area contributed by atoms with Gasteiger partial charge in [0.15, 0.2) is 11.5 Å². The maximum atomic E-state index is 13.8. The zero-order valence-corrected chi connectivity index (χ0v) is 16.0. The second-order valence-electron chi connectivity index (χ2n) is 6.98. The number of rotatable bonds is 6. The highest BCUT2D eigenvalue weighted by Crippen LogP contribution is 2.40. The first kappa shape index (κ1) is 19.5. The Kier molecular flexibility index (Phi) is 5.39. The molecule has 30 heavy (non-hydrogen) atoms. The molecule has 5 nitrogen and oxygen atoms in total. The van der Waals surface area contributed by atoms with Gasteiger partial charge in [-0.15, -0.1) is 0 Å². The molecule has 2 heterocycles. The van der Waals surface area contributed by atoms with Crippen LogP contribution in [0.15, 0.2) is 90.3 Å². The number of Topliss-reactive ketones (excluding diaryl/α,β-unsaturated/α-hetero) is 1. The maximum absolute atomic E-state index is 13.8. The highest BCUT2D eigenvalue weighted by molar-refractivity contribution is 6.16. The van der Waals surface area contributed by atoms with Crippen molar-refractivity contribution >= 4 is 17.4 Å².